The molecule has 1 atom stereocenters. The number of nitrogens with zero attached hydrogens (tertiary/aromatic N) is 2. The third-order valence-corrected chi connectivity index (χ3v) is 1.66. The van der Waals surface area contributed by atoms with E-state index in [2.05, 4.69) is 14.0 Å². The van der Waals surface area contributed by atoms with Crippen LogP contribution in [-0.4, -0.2) is 54.1 Å². The first-order valence-corrected chi connectivity index (χ1v) is 3.73. The maximum absolute atomic E-state index is 11.4. The molecule has 0 bridgehead atoms. The van der Waals surface area contributed by atoms with E-state index in [4.69, 9.17) is 5.11 Å². The molecule has 0 heterocycles. The van der Waals surface area contributed by atoms with Gasteiger partial charge in [0, 0.05) is 32.7 Å². The number of amides is 1. The maximum atomic E-state index is 11.4. The van der Waals surface area contributed by atoms with Crippen LogP contribution in [0.1, 0.15) is 0 Å². The van der Waals surface area contributed by atoms with Crippen molar-refractivity contribution < 1.29 is 42.6 Å². The summed E-state index contributed by atoms with van der Waals surface area (Å²) in [5, 5.41) is 8.87. The fraction of sp³-hybridized carbons (Fsp3) is 0.625. The molecule has 0 rings (SSSR count). The predicted octanol–water partition coefficient (Wildman–Crippen LogP) is -0.639. The molecular weight excluding hydrogens is 245 g/mol. The fourth-order valence-corrected chi connectivity index (χ4v) is 0.783. The molecule has 0 aliphatic heterocycles. The van der Waals surface area contributed by atoms with Crippen LogP contribution in [0.5, 0.6) is 0 Å². The predicted molar refractivity (Wildman–Crippen MR) is 47.0 cm³/mol. The van der Waals surface area contributed by atoms with E-state index in [0.29, 0.717) is 6.54 Å². The Morgan fingerprint density at radius 1 is 1.54 bits per heavy atom. The van der Waals surface area contributed by atoms with Crippen molar-refractivity contribution in [2.24, 2.45) is 0 Å². The minimum absolute atomic E-state index is 0. The van der Waals surface area contributed by atoms with Crippen molar-refractivity contribution in [3.05, 3.63) is 14.0 Å². The number of hydrogen-bond acceptors (Lipinski definition) is 3. The zero-order valence-corrected chi connectivity index (χ0v) is 11.1. The third-order valence-electron chi connectivity index (χ3n) is 1.66. The van der Waals surface area contributed by atoms with Gasteiger partial charge in [-0.25, -0.2) is 0 Å². The Labute approximate surface area is 105 Å². The van der Waals surface area contributed by atoms with E-state index >= 15 is 0 Å². The summed E-state index contributed by atoms with van der Waals surface area (Å²) in [6, 6.07) is -0.510. The van der Waals surface area contributed by atoms with Crippen molar-refractivity contribution in [2.75, 3.05) is 27.2 Å². The number of carbonyl (C=O) groups is 1. The summed E-state index contributed by atoms with van der Waals surface area (Å²) in [6.45, 7) is 3.64. The fourth-order valence-electron chi connectivity index (χ4n) is 0.783. The quantitative estimate of drug-likeness (QED) is 0.685. The number of aliphatic hydroxyl groups is 1. The molecule has 1 N–H and O–H groups in total. The van der Waals surface area contributed by atoms with Crippen molar-refractivity contribution in [1.82, 2.24) is 9.80 Å². The molecule has 0 saturated heterocycles. The molecule has 13 heavy (non-hydrogen) atoms. The van der Waals surface area contributed by atoms with Gasteiger partial charge in [0.2, 0.25) is 5.91 Å². The molecule has 0 aromatic rings. The normalized spacial score (nSPS) is 12.2. The van der Waals surface area contributed by atoms with Crippen molar-refractivity contribution >= 4 is 5.91 Å². The van der Waals surface area contributed by atoms with Gasteiger partial charge in [0.15, 0.2) is 0 Å². The van der Waals surface area contributed by atoms with E-state index < -0.39 is 6.04 Å². The average molecular weight is 261 g/mol. The Kier molecular flexibility index (Phi) is 9.64. The monoisotopic (exact) mass is 261 g/mol. The van der Waals surface area contributed by atoms with Gasteiger partial charge in [0.05, 0.1) is 6.61 Å². The minimum Gasteiger partial charge on any atom is -0.520 e. The summed E-state index contributed by atoms with van der Waals surface area (Å²) in [5.74, 6) is -0.211. The molecule has 0 aliphatic carbocycles. The molecule has 0 saturated carbocycles. The van der Waals surface area contributed by atoms with Crippen molar-refractivity contribution in [2.45, 2.75) is 6.04 Å². The SMILES string of the molecule is [CH2-]CN([CH2-])C(=O)[C@H](CO)N(C)C.[Y]. The van der Waals surface area contributed by atoms with Crippen LogP contribution in [0.15, 0.2) is 0 Å². The summed E-state index contributed by atoms with van der Waals surface area (Å²) in [4.78, 5) is 14.3. The number of aliphatic hydroxyl groups excluding tert-OH is 1. The second-order valence-corrected chi connectivity index (χ2v) is 2.76. The molecular formula is C8H16N2O2Y-2. The molecule has 1 amide bonds. The van der Waals surface area contributed by atoms with Crippen LogP contribution >= 0.6 is 0 Å². The second kappa shape index (κ2) is 7.86. The van der Waals surface area contributed by atoms with E-state index in [-0.39, 0.29) is 45.2 Å². The van der Waals surface area contributed by atoms with Crippen LogP contribution < -0.4 is 0 Å². The topological polar surface area (TPSA) is 43.8 Å². The van der Waals surface area contributed by atoms with Crippen LogP contribution in [-0.2, 0) is 37.5 Å². The number of likely N-dealkylation sites (N-methyl/N-ethyl adjacent to an activating group) is 1. The van der Waals surface area contributed by atoms with Crippen LogP contribution in [0.25, 0.3) is 0 Å². The molecule has 0 unspecified atom stereocenters. The van der Waals surface area contributed by atoms with Gasteiger partial charge < -0.3 is 16.9 Å². The maximum Gasteiger partial charge on any atom is 0.211 e. The first kappa shape index (κ1) is 15.9. The van der Waals surface area contributed by atoms with Crippen LogP contribution in [0.2, 0.25) is 0 Å². The zero-order chi connectivity index (χ0) is 9.72. The zero-order valence-electron chi connectivity index (χ0n) is 8.23. The first-order valence-electron chi connectivity index (χ1n) is 3.73. The van der Waals surface area contributed by atoms with Crippen LogP contribution in [0, 0.1) is 14.0 Å². The molecule has 1 radical (unpaired) electrons. The van der Waals surface area contributed by atoms with E-state index in [1.165, 1.54) is 4.90 Å². The minimum atomic E-state index is -0.510. The first-order chi connectivity index (χ1) is 5.54. The summed E-state index contributed by atoms with van der Waals surface area (Å²) in [7, 11) is 6.95. The number of hydrogen-bond donors (Lipinski definition) is 1. The van der Waals surface area contributed by atoms with Crippen molar-refractivity contribution in [1.29, 1.82) is 0 Å². The van der Waals surface area contributed by atoms with Crippen molar-refractivity contribution in [3.63, 3.8) is 0 Å². The summed E-state index contributed by atoms with van der Waals surface area (Å²) < 4.78 is 0. The molecule has 5 heteroatoms. The van der Waals surface area contributed by atoms with Gasteiger partial charge in [0.1, 0.15) is 6.04 Å². The molecule has 4 nitrogen and oxygen atoms in total. The van der Waals surface area contributed by atoms with Gasteiger partial charge in [-0.2, -0.15) is 0 Å². The Morgan fingerprint density at radius 2 is 2.00 bits per heavy atom. The van der Waals surface area contributed by atoms with E-state index in [9.17, 15) is 4.79 Å². The summed E-state index contributed by atoms with van der Waals surface area (Å²) >= 11 is 0. The molecule has 0 aromatic carbocycles. The molecule has 0 spiro atoms. The van der Waals surface area contributed by atoms with Crippen LogP contribution in [0.4, 0.5) is 0 Å². The Bertz CT molecular complexity index is 153. The smallest absolute Gasteiger partial charge is 0.211 e. The molecule has 0 aromatic heterocycles. The Hall–Kier alpha value is 0.494. The van der Waals surface area contributed by atoms with E-state index in [1.807, 2.05) is 0 Å². The third kappa shape index (κ3) is 5.06. The van der Waals surface area contributed by atoms with Crippen LogP contribution in [0.3, 0.4) is 0 Å². The molecule has 0 fully saturated rings. The molecule has 75 valence electrons. The largest absolute Gasteiger partial charge is 0.520 e. The number of carbonyl (C=O) groups excluding carboxylic acids is 1. The Balaban J connectivity index is 0. The Morgan fingerprint density at radius 3 is 2.23 bits per heavy atom. The van der Waals surface area contributed by atoms with Gasteiger partial charge >= 0.3 is 0 Å². The van der Waals surface area contributed by atoms with E-state index in [0.717, 1.165) is 0 Å². The van der Waals surface area contributed by atoms with Gasteiger partial charge in [-0.3, -0.25) is 16.7 Å². The summed E-state index contributed by atoms with van der Waals surface area (Å²) in [5.41, 5.74) is 0. The van der Waals surface area contributed by atoms with Gasteiger partial charge in [-0.1, -0.05) is 0 Å². The van der Waals surface area contributed by atoms with Crippen molar-refractivity contribution in [3.8, 4) is 0 Å². The van der Waals surface area contributed by atoms with Gasteiger partial charge in [0.25, 0.3) is 0 Å². The standard InChI is InChI=1S/C8H16N2O2.Y/c1-5-10(4)8(12)7(6-11)9(2)3;/h7,11H,1,4-6H2,2-3H3;/q-2;/t7-;/m0./s1. The second-order valence-electron chi connectivity index (χ2n) is 2.76. The molecule has 0 aliphatic rings. The van der Waals surface area contributed by atoms with Gasteiger partial charge in [-0.05, 0) is 14.1 Å². The van der Waals surface area contributed by atoms with E-state index in [1.54, 1.807) is 19.0 Å². The summed E-state index contributed by atoms with van der Waals surface area (Å²) in [6.07, 6.45) is 0. The number of rotatable bonds is 4. The van der Waals surface area contributed by atoms with Gasteiger partial charge in [-0.15, -0.1) is 6.54 Å². The average Bonchev–Trinajstić information content (AvgIpc) is 2.03.